The number of ether oxygens (including phenoxy) is 2. The van der Waals surface area contributed by atoms with Crippen LogP contribution in [0.25, 0.3) is 0 Å². The second-order valence-electron chi connectivity index (χ2n) is 7.36. The first-order valence-electron chi connectivity index (χ1n) is 9.91. The molecule has 0 aliphatic carbocycles. The zero-order valence-electron chi connectivity index (χ0n) is 16.3. The summed E-state index contributed by atoms with van der Waals surface area (Å²) in [7, 11) is 0. The lowest BCUT2D eigenvalue weighted by atomic mass is 10.2. The number of nitrogens with one attached hydrogen (secondary N) is 1. The molecule has 148 valence electrons. The molecule has 0 unspecified atom stereocenters. The second-order valence-corrected chi connectivity index (χ2v) is 7.36. The van der Waals surface area contributed by atoms with E-state index in [-0.39, 0.29) is 12.5 Å². The first-order valence-corrected chi connectivity index (χ1v) is 9.91. The molecule has 2 aromatic rings. The highest BCUT2D eigenvalue weighted by Gasteiger charge is 2.18. The van der Waals surface area contributed by atoms with Gasteiger partial charge in [-0.1, -0.05) is 12.1 Å². The Morgan fingerprint density at radius 2 is 1.96 bits per heavy atom. The van der Waals surface area contributed by atoms with Gasteiger partial charge in [-0.15, -0.1) is 0 Å². The molecule has 2 aliphatic heterocycles. The van der Waals surface area contributed by atoms with Crippen LogP contribution in [0.5, 0.6) is 11.5 Å². The van der Waals surface area contributed by atoms with Gasteiger partial charge in [0, 0.05) is 44.5 Å². The normalized spacial score (nSPS) is 16.9. The molecule has 6 nitrogen and oxygen atoms in total. The molecule has 1 N–H and O–H groups in total. The fourth-order valence-corrected chi connectivity index (χ4v) is 3.68. The van der Waals surface area contributed by atoms with Crippen LogP contribution in [0.3, 0.4) is 0 Å². The summed E-state index contributed by atoms with van der Waals surface area (Å²) in [5.41, 5.74) is 3.32. The van der Waals surface area contributed by atoms with Crippen LogP contribution >= 0.6 is 0 Å². The maximum atomic E-state index is 11.4. The molecule has 1 fully saturated rings. The van der Waals surface area contributed by atoms with Gasteiger partial charge in [0.2, 0.25) is 0 Å². The minimum atomic E-state index is -0.130. The first kappa shape index (κ1) is 18.6. The zero-order valence-corrected chi connectivity index (χ0v) is 16.3. The Hall–Kier alpha value is -2.73. The Kier molecular flexibility index (Phi) is 5.67. The van der Waals surface area contributed by atoms with Crippen LogP contribution in [-0.4, -0.2) is 56.7 Å². The maximum absolute atomic E-state index is 11.4. The third kappa shape index (κ3) is 4.57. The van der Waals surface area contributed by atoms with E-state index >= 15 is 0 Å². The number of nitrogens with zero attached hydrogens (tertiary/aromatic N) is 2. The van der Waals surface area contributed by atoms with Crippen molar-refractivity contribution in [2.75, 3.05) is 56.2 Å². The largest absolute Gasteiger partial charge is 0.493 e. The van der Waals surface area contributed by atoms with E-state index < -0.39 is 0 Å². The molecule has 0 radical (unpaired) electrons. The number of amides is 1. The molecule has 0 aromatic heterocycles. The van der Waals surface area contributed by atoms with Gasteiger partial charge in [-0.25, -0.2) is 0 Å². The molecule has 2 aromatic carbocycles. The Labute approximate surface area is 166 Å². The predicted octanol–water partition coefficient (Wildman–Crippen LogP) is 2.92. The van der Waals surface area contributed by atoms with Crippen LogP contribution in [0.2, 0.25) is 0 Å². The number of piperazine rings is 1. The van der Waals surface area contributed by atoms with Crippen molar-refractivity contribution in [1.82, 2.24) is 4.90 Å². The summed E-state index contributed by atoms with van der Waals surface area (Å²) in [6.07, 6.45) is 0.977. The number of carbonyl (C=O) groups is 1. The highest BCUT2D eigenvalue weighted by molar-refractivity contribution is 5.95. The molecular formula is C22H27N3O3. The maximum Gasteiger partial charge on any atom is 0.262 e. The Balaban J connectivity index is 1.18. The van der Waals surface area contributed by atoms with Crippen LogP contribution in [0, 0.1) is 6.92 Å². The monoisotopic (exact) mass is 381 g/mol. The number of aryl methyl sites for hydroxylation is 1. The summed E-state index contributed by atoms with van der Waals surface area (Å²) >= 11 is 0. The highest BCUT2D eigenvalue weighted by Crippen LogP contribution is 2.31. The van der Waals surface area contributed by atoms with Crippen molar-refractivity contribution in [3.8, 4) is 11.5 Å². The summed E-state index contributed by atoms with van der Waals surface area (Å²) in [5.74, 6) is 1.32. The van der Waals surface area contributed by atoms with Gasteiger partial charge in [-0.05, 0) is 43.2 Å². The summed E-state index contributed by atoms with van der Waals surface area (Å²) in [6, 6.07) is 14.3. The van der Waals surface area contributed by atoms with Crippen molar-refractivity contribution >= 4 is 17.3 Å². The first-order chi connectivity index (χ1) is 13.7. The zero-order chi connectivity index (χ0) is 19.3. The molecule has 2 aliphatic rings. The lowest BCUT2D eigenvalue weighted by molar-refractivity contribution is -0.118. The number of anilines is 2. The smallest absolute Gasteiger partial charge is 0.262 e. The van der Waals surface area contributed by atoms with Crippen LogP contribution in [0.15, 0.2) is 42.5 Å². The van der Waals surface area contributed by atoms with Crippen molar-refractivity contribution in [2.45, 2.75) is 13.3 Å². The Bertz CT molecular complexity index is 832. The van der Waals surface area contributed by atoms with Crippen LogP contribution in [0.1, 0.15) is 12.0 Å². The molecule has 28 heavy (non-hydrogen) atoms. The fraction of sp³-hybridized carbons (Fsp3) is 0.409. The van der Waals surface area contributed by atoms with Gasteiger partial charge in [0.1, 0.15) is 11.5 Å². The van der Waals surface area contributed by atoms with Gasteiger partial charge in [-0.3, -0.25) is 9.69 Å². The standard InChI is InChI=1S/C22H27N3O3/c1-17-4-2-5-18(14-17)25-11-9-24(10-12-25)8-3-13-27-19-6-7-21-20(15-19)23-22(26)16-28-21/h2,4-7,14-15H,3,8-13,16H2,1H3,(H,23,26). The number of rotatable bonds is 6. The van der Waals surface area contributed by atoms with Crippen LogP contribution in [0.4, 0.5) is 11.4 Å². The van der Waals surface area contributed by atoms with Crippen molar-refractivity contribution in [2.24, 2.45) is 0 Å². The number of hydrogen-bond donors (Lipinski definition) is 1. The van der Waals surface area contributed by atoms with Gasteiger partial charge < -0.3 is 19.7 Å². The minimum absolute atomic E-state index is 0.0738. The summed E-state index contributed by atoms with van der Waals surface area (Å²) < 4.78 is 11.2. The molecule has 4 rings (SSSR count). The highest BCUT2D eigenvalue weighted by atomic mass is 16.5. The number of hydrogen-bond acceptors (Lipinski definition) is 5. The van der Waals surface area contributed by atoms with E-state index in [0.717, 1.165) is 44.9 Å². The Morgan fingerprint density at radius 1 is 1.11 bits per heavy atom. The molecule has 1 saturated heterocycles. The minimum Gasteiger partial charge on any atom is -0.493 e. The van der Waals surface area contributed by atoms with Crippen molar-refractivity contribution in [3.63, 3.8) is 0 Å². The van der Waals surface area contributed by atoms with Gasteiger partial charge in [0.15, 0.2) is 6.61 Å². The van der Waals surface area contributed by atoms with Gasteiger partial charge in [-0.2, -0.15) is 0 Å². The van der Waals surface area contributed by atoms with Crippen LogP contribution < -0.4 is 19.7 Å². The van der Waals surface area contributed by atoms with E-state index in [1.165, 1.54) is 11.3 Å². The lowest BCUT2D eigenvalue weighted by Crippen LogP contribution is -2.46. The number of carbonyl (C=O) groups excluding carboxylic acids is 1. The molecule has 0 saturated carbocycles. The van der Waals surface area contributed by atoms with E-state index in [1.807, 2.05) is 18.2 Å². The molecule has 0 spiro atoms. The molecule has 2 heterocycles. The molecule has 1 amide bonds. The molecule has 0 atom stereocenters. The summed E-state index contributed by atoms with van der Waals surface area (Å²) in [4.78, 5) is 16.4. The second kappa shape index (κ2) is 8.52. The van der Waals surface area contributed by atoms with Crippen molar-refractivity contribution < 1.29 is 14.3 Å². The Morgan fingerprint density at radius 3 is 2.79 bits per heavy atom. The quantitative estimate of drug-likeness (QED) is 0.780. The summed E-state index contributed by atoms with van der Waals surface area (Å²) in [6.45, 7) is 8.20. The third-order valence-electron chi connectivity index (χ3n) is 5.21. The average Bonchev–Trinajstić information content (AvgIpc) is 2.71. The average molecular weight is 381 g/mol. The van der Waals surface area contributed by atoms with Crippen LogP contribution in [-0.2, 0) is 4.79 Å². The molecule has 6 heteroatoms. The number of benzene rings is 2. The summed E-state index contributed by atoms with van der Waals surface area (Å²) in [5, 5.41) is 2.81. The SMILES string of the molecule is Cc1cccc(N2CCN(CCCOc3ccc4c(c3)NC(=O)CO4)CC2)c1. The topological polar surface area (TPSA) is 54.0 Å². The van der Waals surface area contributed by atoms with Crippen molar-refractivity contribution in [3.05, 3.63) is 48.0 Å². The van der Waals surface area contributed by atoms with E-state index in [0.29, 0.717) is 18.0 Å². The van der Waals surface area contributed by atoms with E-state index in [2.05, 4.69) is 46.3 Å². The molecular weight excluding hydrogens is 354 g/mol. The fourth-order valence-electron chi connectivity index (χ4n) is 3.68. The molecule has 0 bridgehead atoms. The van der Waals surface area contributed by atoms with Crippen molar-refractivity contribution in [1.29, 1.82) is 0 Å². The predicted molar refractivity (Wildman–Crippen MR) is 111 cm³/mol. The van der Waals surface area contributed by atoms with E-state index in [1.54, 1.807) is 0 Å². The van der Waals surface area contributed by atoms with Gasteiger partial charge in [0.05, 0.1) is 12.3 Å². The van der Waals surface area contributed by atoms with E-state index in [4.69, 9.17) is 9.47 Å². The van der Waals surface area contributed by atoms with Gasteiger partial charge in [0.25, 0.3) is 5.91 Å². The van der Waals surface area contributed by atoms with Gasteiger partial charge >= 0.3 is 0 Å². The lowest BCUT2D eigenvalue weighted by Gasteiger charge is -2.36. The van der Waals surface area contributed by atoms with E-state index in [9.17, 15) is 4.79 Å². The number of fused-ring (bicyclic) bond motifs is 1. The third-order valence-corrected chi connectivity index (χ3v) is 5.21.